The summed E-state index contributed by atoms with van der Waals surface area (Å²) < 4.78 is 26.7. The van der Waals surface area contributed by atoms with Crippen LogP contribution in [-0.4, -0.2) is 0 Å². The number of nitrogens with one attached hydrogen (secondary N) is 1. The summed E-state index contributed by atoms with van der Waals surface area (Å²) in [6, 6.07) is 12.7. The first-order valence-electron chi connectivity index (χ1n) is 7.25. The molecule has 1 N–H and O–H groups in total. The van der Waals surface area contributed by atoms with Crippen LogP contribution in [0.25, 0.3) is 0 Å². The molecule has 0 aliphatic carbocycles. The minimum atomic E-state index is -0.803. The zero-order chi connectivity index (χ0) is 15.4. The van der Waals surface area contributed by atoms with Crippen molar-refractivity contribution in [3.05, 3.63) is 70.8 Å². The van der Waals surface area contributed by atoms with Gasteiger partial charge in [-0.25, -0.2) is 8.78 Å². The molecule has 0 aliphatic rings. The third-order valence-corrected chi connectivity index (χ3v) is 3.73. The van der Waals surface area contributed by atoms with Gasteiger partial charge in [-0.05, 0) is 30.0 Å². The highest BCUT2D eigenvalue weighted by molar-refractivity contribution is 5.27. The van der Waals surface area contributed by atoms with E-state index in [0.29, 0.717) is 18.0 Å². The lowest BCUT2D eigenvalue weighted by Gasteiger charge is -2.16. The van der Waals surface area contributed by atoms with Gasteiger partial charge in [-0.1, -0.05) is 50.2 Å². The summed E-state index contributed by atoms with van der Waals surface area (Å²) in [6.07, 6.45) is 0. The molecule has 21 heavy (non-hydrogen) atoms. The van der Waals surface area contributed by atoms with Crippen LogP contribution >= 0.6 is 0 Å². The van der Waals surface area contributed by atoms with Gasteiger partial charge in [0.1, 0.15) is 0 Å². The molecule has 0 radical (unpaired) electrons. The van der Waals surface area contributed by atoms with Crippen molar-refractivity contribution in [3.63, 3.8) is 0 Å². The van der Waals surface area contributed by atoms with Crippen LogP contribution < -0.4 is 5.32 Å². The van der Waals surface area contributed by atoms with E-state index in [2.05, 4.69) is 43.4 Å². The normalized spacial score (nSPS) is 12.7. The van der Waals surface area contributed by atoms with Crippen molar-refractivity contribution in [2.24, 2.45) is 0 Å². The van der Waals surface area contributed by atoms with E-state index >= 15 is 0 Å². The number of hydrogen-bond donors (Lipinski definition) is 1. The van der Waals surface area contributed by atoms with E-state index in [1.54, 1.807) is 6.07 Å². The van der Waals surface area contributed by atoms with Gasteiger partial charge in [-0.2, -0.15) is 0 Å². The molecule has 112 valence electrons. The highest BCUT2D eigenvalue weighted by Crippen LogP contribution is 2.19. The van der Waals surface area contributed by atoms with E-state index in [0.717, 1.165) is 11.6 Å². The lowest BCUT2D eigenvalue weighted by Crippen LogP contribution is -2.19. The van der Waals surface area contributed by atoms with Gasteiger partial charge in [-0.15, -0.1) is 0 Å². The van der Waals surface area contributed by atoms with Crippen molar-refractivity contribution in [2.45, 2.75) is 39.3 Å². The quantitative estimate of drug-likeness (QED) is 0.822. The maximum absolute atomic E-state index is 13.6. The summed E-state index contributed by atoms with van der Waals surface area (Å²) in [5, 5.41) is 3.23. The Morgan fingerprint density at radius 3 is 2.14 bits per heavy atom. The van der Waals surface area contributed by atoms with Crippen LogP contribution in [0.2, 0.25) is 0 Å². The van der Waals surface area contributed by atoms with E-state index in [1.165, 1.54) is 11.6 Å². The maximum Gasteiger partial charge on any atom is 0.163 e. The average molecular weight is 289 g/mol. The predicted molar refractivity (Wildman–Crippen MR) is 82.1 cm³/mol. The summed E-state index contributed by atoms with van der Waals surface area (Å²) in [5.41, 5.74) is 2.78. The third-order valence-electron chi connectivity index (χ3n) is 3.73. The molecule has 2 aromatic rings. The van der Waals surface area contributed by atoms with Gasteiger partial charge in [0.05, 0.1) is 0 Å². The molecular formula is C18H21F2N. The Morgan fingerprint density at radius 2 is 1.52 bits per heavy atom. The van der Waals surface area contributed by atoms with E-state index in [1.807, 2.05) is 6.92 Å². The van der Waals surface area contributed by atoms with Crippen LogP contribution in [0.4, 0.5) is 8.78 Å². The second-order valence-electron chi connectivity index (χ2n) is 5.64. The zero-order valence-corrected chi connectivity index (χ0v) is 12.7. The van der Waals surface area contributed by atoms with Crippen LogP contribution in [0.3, 0.4) is 0 Å². The summed E-state index contributed by atoms with van der Waals surface area (Å²) in [7, 11) is 0. The van der Waals surface area contributed by atoms with Crippen LogP contribution in [0.1, 0.15) is 49.4 Å². The Bertz CT molecular complexity index is 591. The number of benzene rings is 2. The first-order valence-corrected chi connectivity index (χ1v) is 7.25. The minimum Gasteiger partial charge on any atom is -0.306 e. The molecule has 0 fully saturated rings. The van der Waals surface area contributed by atoms with Crippen molar-refractivity contribution >= 4 is 0 Å². The fraction of sp³-hybridized carbons (Fsp3) is 0.333. The highest BCUT2D eigenvalue weighted by atomic mass is 19.2. The number of halogens is 2. The predicted octanol–water partition coefficient (Wildman–Crippen LogP) is 4.94. The van der Waals surface area contributed by atoms with Gasteiger partial charge >= 0.3 is 0 Å². The standard InChI is InChI=1S/C18H21F2N/c1-12(2)14-7-9-15(10-8-14)13(3)21-11-16-5-4-6-17(19)18(16)20/h4-10,12-13,21H,11H2,1-3H3. The molecule has 0 aliphatic heterocycles. The van der Waals surface area contributed by atoms with Gasteiger partial charge in [0.15, 0.2) is 11.6 Å². The Kier molecular flexibility index (Phi) is 5.07. The molecule has 0 amide bonds. The molecule has 1 nitrogen and oxygen atoms in total. The second kappa shape index (κ2) is 6.81. The number of rotatable bonds is 5. The molecule has 0 bridgehead atoms. The van der Waals surface area contributed by atoms with Crippen molar-refractivity contribution in [1.82, 2.24) is 5.32 Å². The molecule has 0 spiro atoms. The molecular weight excluding hydrogens is 268 g/mol. The average Bonchev–Trinajstić information content (AvgIpc) is 2.48. The van der Waals surface area contributed by atoms with Gasteiger partial charge in [-0.3, -0.25) is 0 Å². The van der Waals surface area contributed by atoms with E-state index < -0.39 is 11.6 Å². The lowest BCUT2D eigenvalue weighted by atomic mass is 9.99. The van der Waals surface area contributed by atoms with E-state index in [9.17, 15) is 8.78 Å². The monoisotopic (exact) mass is 289 g/mol. The molecule has 2 aromatic carbocycles. The molecule has 1 atom stereocenters. The summed E-state index contributed by atoms with van der Waals surface area (Å²) in [4.78, 5) is 0. The summed E-state index contributed by atoms with van der Waals surface area (Å²) >= 11 is 0. The minimum absolute atomic E-state index is 0.0777. The zero-order valence-electron chi connectivity index (χ0n) is 12.7. The molecule has 0 heterocycles. The van der Waals surface area contributed by atoms with E-state index in [4.69, 9.17) is 0 Å². The van der Waals surface area contributed by atoms with Gasteiger partial charge in [0.2, 0.25) is 0 Å². The second-order valence-corrected chi connectivity index (χ2v) is 5.64. The van der Waals surface area contributed by atoms with Crippen LogP contribution in [0.5, 0.6) is 0 Å². The lowest BCUT2D eigenvalue weighted by molar-refractivity contribution is 0.484. The maximum atomic E-state index is 13.6. The largest absolute Gasteiger partial charge is 0.306 e. The van der Waals surface area contributed by atoms with Crippen LogP contribution in [-0.2, 0) is 6.54 Å². The molecule has 1 unspecified atom stereocenters. The first-order chi connectivity index (χ1) is 9.99. The van der Waals surface area contributed by atoms with Crippen molar-refractivity contribution in [3.8, 4) is 0 Å². The molecule has 3 heteroatoms. The fourth-order valence-electron chi connectivity index (χ4n) is 2.24. The molecule has 0 saturated carbocycles. The SMILES string of the molecule is CC(C)c1ccc(C(C)NCc2cccc(F)c2F)cc1. The Hall–Kier alpha value is -1.74. The van der Waals surface area contributed by atoms with Crippen LogP contribution in [0, 0.1) is 11.6 Å². The van der Waals surface area contributed by atoms with Crippen molar-refractivity contribution in [2.75, 3.05) is 0 Å². The molecule has 0 saturated heterocycles. The summed E-state index contributed by atoms with van der Waals surface area (Å²) in [6.45, 7) is 6.63. The molecule has 2 rings (SSSR count). The smallest absolute Gasteiger partial charge is 0.163 e. The third kappa shape index (κ3) is 3.88. The van der Waals surface area contributed by atoms with Crippen molar-refractivity contribution < 1.29 is 8.78 Å². The van der Waals surface area contributed by atoms with Crippen LogP contribution in [0.15, 0.2) is 42.5 Å². The topological polar surface area (TPSA) is 12.0 Å². The fourth-order valence-corrected chi connectivity index (χ4v) is 2.24. The Balaban J connectivity index is 2.01. The first kappa shape index (κ1) is 15.6. The highest BCUT2D eigenvalue weighted by Gasteiger charge is 2.10. The number of hydrogen-bond acceptors (Lipinski definition) is 1. The van der Waals surface area contributed by atoms with Crippen molar-refractivity contribution in [1.29, 1.82) is 0 Å². The van der Waals surface area contributed by atoms with Gasteiger partial charge in [0.25, 0.3) is 0 Å². The Labute approximate surface area is 125 Å². The molecule has 0 aromatic heterocycles. The van der Waals surface area contributed by atoms with Gasteiger partial charge in [0, 0.05) is 18.2 Å². The van der Waals surface area contributed by atoms with Gasteiger partial charge < -0.3 is 5.32 Å². The van der Waals surface area contributed by atoms with E-state index in [-0.39, 0.29) is 6.04 Å². The summed E-state index contributed by atoms with van der Waals surface area (Å²) in [5.74, 6) is -1.07. The Morgan fingerprint density at radius 1 is 0.905 bits per heavy atom.